The molecule has 0 spiro atoms. The first-order valence-corrected chi connectivity index (χ1v) is 11.6. The minimum atomic E-state index is -0.893. The number of carbonyl (C=O) groups is 2. The Hall–Kier alpha value is -4.39. The second kappa shape index (κ2) is 10.5. The molecule has 0 saturated carbocycles. The van der Waals surface area contributed by atoms with Gasteiger partial charge in [0.05, 0.1) is 37.7 Å². The normalized spacial score (nSPS) is 14.7. The molecule has 2 N–H and O–H groups in total. The van der Waals surface area contributed by atoms with Gasteiger partial charge in [0.25, 0.3) is 5.91 Å². The van der Waals surface area contributed by atoms with Crippen LogP contribution in [0, 0.1) is 17.2 Å². The molecule has 1 saturated heterocycles. The lowest BCUT2D eigenvalue weighted by Gasteiger charge is -2.32. The van der Waals surface area contributed by atoms with Crippen LogP contribution in [0.15, 0.2) is 42.7 Å². The summed E-state index contributed by atoms with van der Waals surface area (Å²) in [5.74, 6) is 0.452. The molecule has 0 aliphatic carbocycles. The Labute approximate surface area is 208 Å². The van der Waals surface area contributed by atoms with E-state index in [1.165, 1.54) is 6.20 Å². The first-order valence-electron chi connectivity index (χ1n) is 11.6. The lowest BCUT2D eigenvalue weighted by molar-refractivity contribution is -0.133. The topological polar surface area (TPSA) is 133 Å². The minimum absolute atomic E-state index is 0.0471. The average Bonchev–Trinajstić information content (AvgIpc) is 3.34. The molecule has 4 rings (SSSR count). The number of rotatable bonds is 7. The molecule has 0 unspecified atom stereocenters. The number of amides is 2. The van der Waals surface area contributed by atoms with Gasteiger partial charge >= 0.3 is 0 Å². The number of aromatic nitrogens is 3. The summed E-state index contributed by atoms with van der Waals surface area (Å²) < 4.78 is 10.8. The smallest absolute Gasteiger partial charge is 0.256 e. The number of hydrogen-bond donors (Lipinski definition) is 2. The number of aromatic amines is 1. The lowest BCUT2D eigenvalue weighted by atomic mass is 9.97. The molecule has 1 atom stereocenters. The van der Waals surface area contributed by atoms with Crippen LogP contribution < -0.4 is 14.8 Å². The molecular formula is C26H28N6O4. The zero-order valence-corrected chi connectivity index (χ0v) is 20.5. The Bertz CT molecular complexity index is 1350. The van der Waals surface area contributed by atoms with Crippen molar-refractivity contribution in [2.24, 2.45) is 5.92 Å². The number of nitriles is 1. The van der Waals surface area contributed by atoms with Gasteiger partial charge in [0.2, 0.25) is 5.91 Å². The fourth-order valence-electron chi connectivity index (χ4n) is 4.22. The van der Waals surface area contributed by atoms with Crippen LogP contribution in [-0.2, 0) is 4.79 Å². The van der Waals surface area contributed by atoms with Crippen LogP contribution in [0.25, 0.3) is 22.4 Å². The molecule has 0 radical (unpaired) electrons. The molecule has 10 heteroatoms. The number of H-pyrrole nitrogens is 1. The highest BCUT2D eigenvalue weighted by molar-refractivity contribution is 6.06. The van der Waals surface area contributed by atoms with Crippen molar-refractivity contribution in [2.75, 3.05) is 27.3 Å². The van der Waals surface area contributed by atoms with Crippen molar-refractivity contribution in [2.45, 2.75) is 25.8 Å². The number of piperidine rings is 1. The second-order valence-electron chi connectivity index (χ2n) is 8.70. The lowest BCUT2D eigenvalue weighted by Crippen LogP contribution is -2.51. The number of fused-ring (bicyclic) bond motifs is 1. The monoisotopic (exact) mass is 488 g/mol. The van der Waals surface area contributed by atoms with E-state index in [1.807, 2.05) is 0 Å². The molecular weight excluding hydrogens is 460 g/mol. The average molecular weight is 489 g/mol. The van der Waals surface area contributed by atoms with Crippen molar-refractivity contribution in [1.29, 1.82) is 5.26 Å². The van der Waals surface area contributed by atoms with Crippen molar-refractivity contribution >= 4 is 23.0 Å². The van der Waals surface area contributed by atoms with E-state index in [2.05, 4.69) is 32.9 Å². The largest absolute Gasteiger partial charge is 0.497 e. The van der Waals surface area contributed by atoms with Gasteiger partial charge in [-0.3, -0.25) is 9.59 Å². The fourth-order valence-corrected chi connectivity index (χ4v) is 4.22. The predicted molar refractivity (Wildman–Crippen MR) is 133 cm³/mol. The van der Waals surface area contributed by atoms with Gasteiger partial charge in [-0.05, 0) is 43.5 Å². The third kappa shape index (κ3) is 4.86. The number of ether oxygens (including phenoxy) is 2. The molecule has 3 heterocycles. The van der Waals surface area contributed by atoms with Crippen molar-refractivity contribution < 1.29 is 19.1 Å². The van der Waals surface area contributed by atoms with Gasteiger partial charge in [-0.25, -0.2) is 9.97 Å². The van der Waals surface area contributed by atoms with Crippen LogP contribution in [0.1, 0.15) is 30.1 Å². The summed E-state index contributed by atoms with van der Waals surface area (Å²) in [6.45, 7) is 6.56. The van der Waals surface area contributed by atoms with E-state index in [4.69, 9.17) is 14.7 Å². The highest BCUT2D eigenvalue weighted by Crippen LogP contribution is 2.33. The molecule has 3 aromatic rings. The van der Waals surface area contributed by atoms with Crippen molar-refractivity contribution in [3.8, 4) is 28.8 Å². The zero-order chi connectivity index (χ0) is 25.8. The summed E-state index contributed by atoms with van der Waals surface area (Å²) in [6, 6.07) is 6.70. The molecule has 1 aromatic carbocycles. The van der Waals surface area contributed by atoms with Crippen molar-refractivity contribution in [1.82, 2.24) is 25.2 Å². The first-order chi connectivity index (χ1) is 17.4. The Balaban J connectivity index is 1.61. The predicted octanol–water partition coefficient (Wildman–Crippen LogP) is 3.08. The summed E-state index contributed by atoms with van der Waals surface area (Å²) >= 11 is 0. The summed E-state index contributed by atoms with van der Waals surface area (Å²) in [7, 11) is 3.13. The van der Waals surface area contributed by atoms with Crippen LogP contribution in [0.2, 0.25) is 0 Å². The third-order valence-electron chi connectivity index (χ3n) is 6.31. The summed E-state index contributed by atoms with van der Waals surface area (Å²) in [5.41, 5.74) is 2.72. The number of carbonyl (C=O) groups excluding carboxylic acids is 2. The highest BCUT2D eigenvalue weighted by Gasteiger charge is 2.30. The van der Waals surface area contributed by atoms with E-state index >= 15 is 0 Å². The molecule has 2 aromatic heterocycles. The third-order valence-corrected chi connectivity index (χ3v) is 6.31. The van der Waals surface area contributed by atoms with Crippen LogP contribution >= 0.6 is 0 Å². The number of likely N-dealkylation sites (tertiary alicyclic amines) is 1. The van der Waals surface area contributed by atoms with Crippen LogP contribution in [0.4, 0.5) is 0 Å². The van der Waals surface area contributed by atoms with E-state index in [1.54, 1.807) is 50.4 Å². The minimum Gasteiger partial charge on any atom is -0.497 e. The van der Waals surface area contributed by atoms with E-state index in [9.17, 15) is 9.59 Å². The molecule has 0 bridgehead atoms. The second-order valence-corrected chi connectivity index (χ2v) is 8.70. The van der Waals surface area contributed by atoms with Gasteiger partial charge in [-0.15, -0.1) is 0 Å². The zero-order valence-electron chi connectivity index (χ0n) is 20.5. The first kappa shape index (κ1) is 24.7. The number of benzene rings is 1. The molecule has 1 fully saturated rings. The van der Waals surface area contributed by atoms with Gasteiger partial charge < -0.3 is 24.7 Å². The Morgan fingerprint density at radius 3 is 2.67 bits per heavy atom. The molecule has 1 aliphatic rings. The SMILES string of the molecule is C=C(C)[C@@H](NC(=O)c1c[nH]c2ncc(-c3cc(OC)ccc3OC)nc12)C(=O)N1CCC(C#N)CC1. The van der Waals surface area contributed by atoms with Crippen LogP contribution in [0.3, 0.4) is 0 Å². The van der Waals surface area contributed by atoms with Crippen molar-refractivity contribution in [3.05, 3.63) is 48.3 Å². The molecule has 186 valence electrons. The standard InChI is InChI=1S/C26H28N6O4/c1-15(2)22(26(34)32-9-7-16(12-27)8-10-32)31-25(33)19-13-28-24-23(19)30-20(14-29-24)18-11-17(35-3)5-6-21(18)36-4/h5-6,11,13-14,16,22H,1,7-10H2,2-4H3,(H,28,29)(H,31,33)/t22-/m1/s1. The highest BCUT2D eigenvalue weighted by atomic mass is 16.5. The Kier molecular flexibility index (Phi) is 7.20. The van der Waals surface area contributed by atoms with Gasteiger partial charge in [0.15, 0.2) is 5.65 Å². The van der Waals surface area contributed by atoms with Gasteiger partial charge in [-0.2, -0.15) is 5.26 Å². The summed E-state index contributed by atoms with van der Waals surface area (Å²) in [5, 5.41) is 11.9. The van der Waals surface area contributed by atoms with E-state index in [0.29, 0.717) is 65.4 Å². The number of nitrogens with zero attached hydrogens (tertiary/aromatic N) is 4. The maximum atomic E-state index is 13.3. The summed E-state index contributed by atoms with van der Waals surface area (Å²) in [4.78, 5) is 40.2. The van der Waals surface area contributed by atoms with Gasteiger partial charge in [0, 0.05) is 30.8 Å². The molecule has 2 amide bonds. The molecule has 1 aliphatic heterocycles. The van der Waals surface area contributed by atoms with Crippen LogP contribution in [-0.4, -0.2) is 65.0 Å². The van der Waals surface area contributed by atoms with Gasteiger partial charge in [0.1, 0.15) is 23.1 Å². The van der Waals surface area contributed by atoms with E-state index in [-0.39, 0.29) is 17.4 Å². The van der Waals surface area contributed by atoms with E-state index in [0.717, 1.165) is 0 Å². The molecule has 10 nitrogen and oxygen atoms in total. The van der Waals surface area contributed by atoms with Crippen molar-refractivity contribution in [3.63, 3.8) is 0 Å². The number of methoxy groups -OCH3 is 2. The Morgan fingerprint density at radius 2 is 2.03 bits per heavy atom. The Morgan fingerprint density at radius 1 is 1.28 bits per heavy atom. The summed E-state index contributed by atoms with van der Waals surface area (Å²) in [6.07, 6.45) is 4.34. The quantitative estimate of drug-likeness (QED) is 0.488. The fraction of sp³-hybridized carbons (Fsp3) is 0.346. The maximum Gasteiger partial charge on any atom is 0.256 e. The number of nitrogens with one attached hydrogen (secondary N) is 2. The van der Waals surface area contributed by atoms with Crippen LogP contribution in [0.5, 0.6) is 11.5 Å². The number of hydrogen-bond acceptors (Lipinski definition) is 7. The van der Waals surface area contributed by atoms with E-state index < -0.39 is 11.9 Å². The van der Waals surface area contributed by atoms with Gasteiger partial charge in [-0.1, -0.05) is 6.58 Å². The maximum absolute atomic E-state index is 13.3. The molecule has 36 heavy (non-hydrogen) atoms.